The smallest absolute Gasteiger partial charge is 0.358 e. The Morgan fingerprint density at radius 1 is 1.06 bits per heavy atom. The number of carbonyl (C=O) groups excluding carboxylic acids is 2. The predicted octanol–water partition coefficient (Wildman–Crippen LogP) is 4.57. The molecule has 0 fully saturated rings. The van der Waals surface area contributed by atoms with Gasteiger partial charge in [0.05, 0.1) is 25.7 Å². The maximum absolute atomic E-state index is 12.4. The van der Waals surface area contributed by atoms with Crippen molar-refractivity contribution < 1.29 is 23.5 Å². The fourth-order valence-corrected chi connectivity index (χ4v) is 3.24. The average molecular weight is 431 g/mol. The van der Waals surface area contributed by atoms with Crippen LogP contribution in [-0.4, -0.2) is 35.4 Å². The summed E-state index contributed by atoms with van der Waals surface area (Å²) in [7, 11) is 1.57. The van der Waals surface area contributed by atoms with Crippen LogP contribution in [0.25, 0.3) is 16.9 Å². The summed E-state index contributed by atoms with van der Waals surface area (Å²) in [5.74, 6) is -0.0872. The second kappa shape index (κ2) is 9.22. The Morgan fingerprint density at radius 3 is 2.66 bits per heavy atom. The minimum Gasteiger partial charge on any atom is -0.494 e. The van der Waals surface area contributed by atoms with Gasteiger partial charge in [-0.3, -0.25) is 4.79 Å². The molecule has 0 atom stereocenters. The monoisotopic (exact) mass is 431 g/mol. The molecule has 2 aromatic heterocycles. The number of rotatable bonds is 7. The van der Waals surface area contributed by atoms with Gasteiger partial charge in [-0.25, -0.2) is 9.48 Å². The van der Waals surface area contributed by atoms with Crippen LogP contribution in [0, 0.1) is 0 Å². The number of carbonyl (C=O) groups is 2. The highest BCUT2D eigenvalue weighted by atomic mass is 16.5. The highest BCUT2D eigenvalue weighted by Gasteiger charge is 2.20. The van der Waals surface area contributed by atoms with Crippen molar-refractivity contribution in [2.45, 2.75) is 6.92 Å². The summed E-state index contributed by atoms with van der Waals surface area (Å²) in [5, 5.41) is 7.28. The molecular formula is C24H21N3O5. The summed E-state index contributed by atoms with van der Waals surface area (Å²) in [5.41, 5.74) is 2.75. The highest BCUT2D eigenvalue weighted by molar-refractivity contribution is 6.02. The van der Waals surface area contributed by atoms with E-state index < -0.39 is 5.97 Å². The molecule has 0 bridgehead atoms. The van der Waals surface area contributed by atoms with Crippen molar-refractivity contribution in [3.63, 3.8) is 0 Å². The van der Waals surface area contributed by atoms with E-state index in [0.29, 0.717) is 22.8 Å². The molecule has 162 valence electrons. The molecule has 0 aliphatic rings. The second-order valence-corrected chi connectivity index (χ2v) is 6.73. The summed E-state index contributed by atoms with van der Waals surface area (Å²) in [6.07, 6.45) is 1.44. The highest BCUT2D eigenvalue weighted by Crippen LogP contribution is 2.30. The number of aromatic nitrogens is 2. The van der Waals surface area contributed by atoms with E-state index >= 15 is 0 Å². The van der Waals surface area contributed by atoms with E-state index in [0.717, 1.165) is 5.56 Å². The van der Waals surface area contributed by atoms with Crippen molar-refractivity contribution in [1.82, 2.24) is 9.78 Å². The number of anilines is 1. The van der Waals surface area contributed by atoms with Crippen LogP contribution < -0.4 is 10.1 Å². The average Bonchev–Trinajstić information content (AvgIpc) is 3.50. The van der Waals surface area contributed by atoms with Gasteiger partial charge >= 0.3 is 5.97 Å². The molecule has 1 N–H and O–H groups in total. The minimum atomic E-state index is -0.523. The van der Waals surface area contributed by atoms with Gasteiger partial charge in [0.2, 0.25) is 0 Å². The van der Waals surface area contributed by atoms with Gasteiger partial charge in [0.1, 0.15) is 11.4 Å². The number of esters is 1. The first-order chi connectivity index (χ1) is 15.6. The molecule has 4 rings (SSSR count). The molecule has 0 saturated carbocycles. The SMILES string of the molecule is CCOC(=O)c1cc(-c2cccc(NC(=O)c3ccco3)c2)n(-c2ccccc2OC)n1. The third kappa shape index (κ3) is 4.24. The summed E-state index contributed by atoms with van der Waals surface area (Å²) < 4.78 is 17.4. The zero-order valence-electron chi connectivity index (χ0n) is 17.6. The molecular weight excluding hydrogens is 410 g/mol. The Bertz CT molecular complexity index is 1240. The van der Waals surface area contributed by atoms with Crippen LogP contribution in [0.5, 0.6) is 5.75 Å². The van der Waals surface area contributed by atoms with Gasteiger partial charge < -0.3 is 19.2 Å². The standard InChI is InChI=1S/C24H21N3O5/c1-3-31-24(29)18-15-20(27(26-18)19-10-4-5-11-21(19)30-2)16-8-6-9-17(14-16)25-23(28)22-12-7-13-32-22/h4-15H,3H2,1-2H3,(H,25,28). The molecule has 32 heavy (non-hydrogen) atoms. The Balaban J connectivity index is 1.77. The number of furan rings is 1. The summed E-state index contributed by atoms with van der Waals surface area (Å²) in [4.78, 5) is 24.7. The van der Waals surface area contributed by atoms with Crippen LogP contribution in [0.4, 0.5) is 5.69 Å². The summed E-state index contributed by atoms with van der Waals surface area (Å²) >= 11 is 0. The molecule has 2 heterocycles. The van der Waals surface area contributed by atoms with Crippen LogP contribution in [0.15, 0.2) is 77.4 Å². The Labute approximate surface area is 184 Å². The van der Waals surface area contributed by atoms with Crippen molar-refractivity contribution in [3.05, 3.63) is 84.4 Å². The van der Waals surface area contributed by atoms with E-state index in [1.807, 2.05) is 30.3 Å². The molecule has 0 unspecified atom stereocenters. The Morgan fingerprint density at radius 2 is 1.91 bits per heavy atom. The third-order valence-electron chi connectivity index (χ3n) is 4.67. The summed E-state index contributed by atoms with van der Waals surface area (Å²) in [6, 6.07) is 19.5. The maximum Gasteiger partial charge on any atom is 0.358 e. The van der Waals surface area contributed by atoms with Gasteiger partial charge in [-0.2, -0.15) is 5.10 Å². The minimum absolute atomic E-state index is 0.165. The van der Waals surface area contributed by atoms with E-state index in [9.17, 15) is 9.59 Å². The topological polar surface area (TPSA) is 95.6 Å². The summed E-state index contributed by atoms with van der Waals surface area (Å²) in [6.45, 7) is 1.98. The lowest BCUT2D eigenvalue weighted by Gasteiger charge is -2.12. The van der Waals surface area contributed by atoms with Gasteiger partial charge in [0.15, 0.2) is 11.5 Å². The van der Waals surface area contributed by atoms with Crippen molar-refractivity contribution >= 4 is 17.6 Å². The lowest BCUT2D eigenvalue weighted by molar-refractivity contribution is 0.0518. The molecule has 1 amide bonds. The van der Waals surface area contributed by atoms with Crippen molar-refractivity contribution in [2.75, 3.05) is 19.0 Å². The van der Waals surface area contributed by atoms with Crippen LogP contribution >= 0.6 is 0 Å². The van der Waals surface area contributed by atoms with E-state index in [2.05, 4.69) is 10.4 Å². The number of benzene rings is 2. The van der Waals surface area contributed by atoms with Crippen molar-refractivity contribution in [3.8, 4) is 22.7 Å². The number of nitrogens with one attached hydrogen (secondary N) is 1. The zero-order valence-corrected chi connectivity index (χ0v) is 17.6. The third-order valence-corrected chi connectivity index (χ3v) is 4.67. The first-order valence-electron chi connectivity index (χ1n) is 9.96. The molecule has 0 aliphatic heterocycles. The molecule has 0 spiro atoms. The lowest BCUT2D eigenvalue weighted by Crippen LogP contribution is -2.10. The first kappa shape index (κ1) is 20.9. The van der Waals surface area contributed by atoms with Gasteiger partial charge in [-0.15, -0.1) is 0 Å². The number of ether oxygens (including phenoxy) is 2. The van der Waals surface area contributed by atoms with Crippen LogP contribution in [-0.2, 0) is 4.74 Å². The zero-order chi connectivity index (χ0) is 22.5. The number of amides is 1. The van der Waals surface area contributed by atoms with Crippen LogP contribution in [0.1, 0.15) is 28.0 Å². The van der Waals surface area contributed by atoms with Crippen molar-refractivity contribution in [2.24, 2.45) is 0 Å². The Kier molecular flexibility index (Phi) is 6.03. The van der Waals surface area contributed by atoms with Crippen LogP contribution in [0.2, 0.25) is 0 Å². The van der Waals surface area contributed by atoms with E-state index in [1.165, 1.54) is 6.26 Å². The maximum atomic E-state index is 12.4. The van der Waals surface area contributed by atoms with E-state index in [4.69, 9.17) is 13.9 Å². The number of methoxy groups -OCH3 is 1. The normalized spacial score (nSPS) is 10.6. The molecule has 8 nitrogen and oxygen atoms in total. The largest absolute Gasteiger partial charge is 0.494 e. The van der Waals surface area contributed by atoms with Gasteiger partial charge in [-0.05, 0) is 49.4 Å². The molecule has 0 radical (unpaired) electrons. The number of hydrogen-bond acceptors (Lipinski definition) is 6. The van der Waals surface area contributed by atoms with Crippen molar-refractivity contribution in [1.29, 1.82) is 0 Å². The van der Waals surface area contributed by atoms with E-state index in [-0.39, 0.29) is 24.0 Å². The number of hydrogen-bond donors (Lipinski definition) is 1. The molecule has 4 aromatic rings. The molecule has 0 aliphatic carbocycles. The lowest BCUT2D eigenvalue weighted by atomic mass is 10.1. The molecule has 2 aromatic carbocycles. The molecule has 0 saturated heterocycles. The van der Waals surface area contributed by atoms with Gasteiger partial charge in [-0.1, -0.05) is 24.3 Å². The first-order valence-corrected chi connectivity index (χ1v) is 9.96. The fraction of sp³-hybridized carbons (Fsp3) is 0.125. The van der Waals surface area contributed by atoms with Gasteiger partial charge in [0, 0.05) is 11.3 Å². The fourth-order valence-electron chi connectivity index (χ4n) is 3.24. The predicted molar refractivity (Wildman–Crippen MR) is 118 cm³/mol. The molecule has 8 heteroatoms. The quantitative estimate of drug-likeness (QED) is 0.431. The van der Waals surface area contributed by atoms with E-state index in [1.54, 1.807) is 55.1 Å². The Hall–Kier alpha value is -4.33. The number of para-hydroxylation sites is 2. The number of nitrogens with zero attached hydrogens (tertiary/aromatic N) is 2. The van der Waals surface area contributed by atoms with Crippen LogP contribution in [0.3, 0.4) is 0 Å². The van der Waals surface area contributed by atoms with Gasteiger partial charge in [0.25, 0.3) is 5.91 Å². The second-order valence-electron chi connectivity index (χ2n) is 6.73.